The number of rotatable bonds is 5. The summed E-state index contributed by atoms with van der Waals surface area (Å²) < 4.78 is 17.2. The molecule has 0 aliphatic carbocycles. The average Bonchev–Trinajstić information content (AvgIpc) is 2.30. The number of methoxy groups -OCH3 is 1. The molecule has 1 rings (SSSR count). The Morgan fingerprint density at radius 3 is 2.88 bits per heavy atom. The largest absolute Gasteiger partial charge is 0.468 e. The molecule has 17 heavy (non-hydrogen) atoms. The van der Waals surface area contributed by atoms with Crippen molar-refractivity contribution in [1.82, 2.24) is 5.32 Å². The van der Waals surface area contributed by atoms with Crippen molar-refractivity contribution in [1.29, 1.82) is 0 Å². The summed E-state index contributed by atoms with van der Waals surface area (Å²) in [4.78, 5) is 20.8. The van der Waals surface area contributed by atoms with Gasteiger partial charge in [-0.15, -0.1) is 0 Å². The van der Waals surface area contributed by atoms with Gasteiger partial charge in [-0.05, 0) is 12.1 Å². The van der Waals surface area contributed by atoms with Crippen LogP contribution in [0.1, 0.15) is 5.56 Å². The summed E-state index contributed by atoms with van der Waals surface area (Å²) in [6, 6.07) is 3.27. The van der Waals surface area contributed by atoms with E-state index in [4.69, 9.17) is 0 Å². The van der Waals surface area contributed by atoms with E-state index in [-0.39, 0.29) is 18.8 Å². The van der Waals surface area contributed by atoms with E-state index in [2.05, 4.69) is 10.1 Å². The summed E-state index contributed by atoms with van der Waals surface area (Å²) in [6.07, 6.45) is 0. The van der Waals surface area contributed by atoms with Crippen molar-refractivity contribution in [2.45, 2.75) is 6.54 Å². The van der Waals surface area contributed by atoms with Gasteiger partial charge in [0, 0.05) is 12.1 Å². The van der Waals surface area contributed by atoms with E-state index in [9.17, 15) is 19.3 Å². The maximum atomic E-state index is 12.8. The minimum atomic E-state index is -0.673. The molecule has 0 saturated carbocycles. The van der Waals surface area contributed by atoms with Crippen molar-refractivity contribution in [3.05, 3.63) is 39.7 Å². The third kappa shape index (κ3) is 3.80. The van der Waals surface area contributed by atoms with Crippen molar-refractivity contribution in [2.75, 3.05) is 13.7 Å². The Bertz CT molecular complexity index is 436. The van der Waals surface area contributed by atoms with E-state index in [0.29, 0.717) is 5.56 Å². The number of carbonyl (C=O) groups is 1. The van der Waals surface area contributed by atoms with Gasteiger partial charge in [0.1, 0.15) is 5.82 Å². The molecule has 0 atom stereocenters. The lowest BCUT2D eigenvalue weighted by Gasteiger charge is -2.04. The van der Waals surface area contributed by atoms with Crippen LogP contribution in [0, 0.1) is 15.9 Å². The van der Waals surface area contributed by atoms with Gasteiger partial charge in [0.15, 0.2) is 0 Å². The van der Waals surface area contributed by atoms with Gasteiger partial charge < -0.3 is 10.1 Å². The highest BCUT2D eigenvalue weighted by molar-refractivity contribution is 5.71. The first-order valence-electron chi connectivity index (χ1n) is 4.75. The molecule has 0 aliphatic rings. The number of hydrogen-bond acceptors (Lipinski definition) is 5. The summed E-state index contributed by atoms with van der Waals surface area (Å²) in [6.45, 7) is 0.0245. The molecule has 1 N–H and O–H groups in total. The van der Waals surface area contributed by atoms with Crippen LogP contribution in [-0.4, -0.2) is 24.5 Å². The van der Waals surface area contributed by atoms with Gasteiger partial charge in [-0.3, -0.25) is 14.9 Å². The van der Waals surface area contributed by atoms with E-state index in [1.807, 2.05) is 0 Å². The highest BCUT2D eigenvalue weighted by Crippen LogP contribution is 2.19. The quantitative estimate of drug-likeness (QED) is 0.473. The predicted molar refractivity (Wildman–Crippen MR) is 56.8 cm³/mol. The van der Waals surface area contributed by atoms with Crippen LogP contribution in [0.3, 0.4) is 0 Å². The number of nitrogens with zero attached hydrogens (tertiary/aromatic N) is 1. The standard InChI is InChI=1S/C10H11FN2O4/c1-17-10(14)6-12-5-7-2-3-8(11)4-9(7)13(15)16/h2-4,12H,5-6H2,1H3. The van der Waals surface area contributed by atoms with Crippen LogP contribution in [0.2, 0.25) is 0 Å². The number of benzene rings is 1. The number of esters is 1. The Kier molecular flexibility index (Phi) is 4.53. The van der Waals surface area contributed by atoms with E-state index < -0.39 is 16.7 Å². The SMILES string of the molecule is COC(=O)CNCc1ccc(F)cc1[N+](=O)[O-]. The van der Waals surface area contributed by atoms with Crippen LogP contribution in [0.5, 0.6) is 0 Å². The van der Waals surface area contributed by atoms with Crippen LogP contribution in [0.25, 0.3) is 0 Å². The first kappa shape index (κ1) is 13.0. The fraction of sp³-hybridized carbons (Fsp3) is 0.300. The van der Waals surface area contributed by atoms with Crippen LogP contribution in [0.4, 0.5) is 10.1 Å². The van der Waals surface area contributed by atoms with Crippen LogP contribution in [-0.2, 0) is 16.1 Å². The molecule has 1 aromatic carbocycles. The first-order chi connectivity index (χ1) is 8.04. The molecule has 1 aromatic rings. The molecule has 0 fully saturated rings. The zero-order chi connectivity index (χ0) is 12.8. The van der Waals surface area contributed by atoms with Gasteiger partial charge in [0.2, 0.25) is 0 Å². The zero-order valence-electron chi connectivity index (χ0n) is 9.10. The molecule has 0 amide bonds. The second kappa shape index (κ2) is 5.90. The molecule has 7 heteroatoms. The summed E-state index contributed by atoms with van der Waals surface area (Å²) in [7, 11) is 1.24. The Hall–Kier alpha value is -2.02. The number of nitro groups is 1. The van der Waals surface area contributed by atoms with Crippen molar-refractivity contribution in [3.8, 4) is 0 Å². The molecule has 92 valence electrons. The van der Waals surface area contributed by atoms with Gasteiger partial charge in [-0.2, -0.15) is 0 Å². The number of carbonyl (C=O) groups excluding carboxylic acids is 1. The molecule has 0 bridgehead atoms. The lowest BCUT2D eigenvalue weighted by Crippen LogP contribution is -2.23. The molecule has 0 heterocycles. The van der Waals surface area contributed by atoms with Gasteiger partial charge in [-0.25, -0.2) is 4.39 Å². The summed E-state index contributed by atoms with van der Waals surface area (Å²) in [5.74, 6) is -1.15. The normalized spacial score (nSPS) is 10.0. The summed E-state index contributed by atoms with van der Waals surface area (Å²) in [5, 5.41) is 13.3. The van der Waals surface area contributed by atoms with E-state index in [1.54, 1.807) is 0 Å². The maximum Gasteiger partial charge on any atom is 0.319 e. The second-order valence-electron chi connectivity index (χ2n) is 3.21. The fourth-order valence-electron chi connectivity index (χ4n) is 1.23. The highest BCUT2D eigenvalue weighted by Gasteiger charge is 2.14. The lowest BCUT2D eigenvalue weighted by molar-refractivity contribution is -0.385. The molecule has 0 spiro atoms. The highest BCUT2D eigenvalue weighted by atomic mass is 19.1. The third-order valence-electron chi connectivity index (χ3n) is 2.06. The van der Waals surface area contributed by atoms with Crippen LogP contribution >= 0.6 is 0 Å². The minimum absolute atomic E-state index is 0.0645. The van der Waals surface area contributed by atoms with Crippen molar-refractivity contribution in [3.63, 3.8) is 0 Å². The summed E-state index contributed by atoms with van der Waals surface area (Å²) in [5.41, 5.74) is -0.0114. The fourth-order valence-corrected chi connectivity index (χ4v) is 1.23. The molecular formula is C10H11FN2O4. The van der Waals surface area contributed by atoms with E-state index in [1.165, 1.54) is 13.2 Å². The number of hydrogen-bond donors (Lipinski definition) is 1. The molecule has 0 radical (unpaired) electrons. The third-order valence-corrected chi connectivity index (χ3v) is 2.06. The molecule has 6 nitrogen and oxygen atoms in total. The maximum absolute atomic E-state index is 12.8. The van der Waals surface area contributed by atoms with Crippen LogP contribution < -0.4 is 5.32 Å². The number of nitrogens with one attached hydrogen (secondary N) is 1. The van der Waals surface area contributed by atoms with E-state index >= 15 is 0 Å². The molecule has 0 aliphatic heterocycles. The van der Waals surface area contributed by atoms with Crippen molar-refractivity contribution >= 4 is 11.7 Å². The van der Waals surface area contributed by atoms with Gasteiger partial charge in [0.05, 0.1) is 24.6 Å². The lowest BCUT2D eigenvalue weighted by atomic mass is 10.2. The number of ether oxygens (including phenoxy) is 1. The minimum Gasteiger partial charge on any atom is -0.468 e. The topological polar surface area (TPSA) is 81.5 Å². The molecule has 0 aromatic heterocycles. The number of halogens is 1. The summed E-state index contributed by atoms with van der Waals surface area (Å²) >= 11 is 0. The Balaban J connectivity index is 2.70. The Morgan fingerprint density at radius 2 is 2.29 bits per heavy atom. The molecule has 0 unspecified atom stereocenters. The number of nitro benzene ring substituents is 1. The molecular weight excluding hydrogens is 231 g/mol. The van der Waals surface area contributed by atoms with Crippen LogP contribution in [0.15, 0.2) is 18.2 Å². The second-order valence-corrected chi connectivity index (χ2v) is 3.21. The Morgan fingerprint density at radius 1 is 1.59 bits per heavy atom. The first-order valence-corrected chi connectivity index (χ1v) is 4.75. The van der Waals surface area contributed by atoms with Gasteiger partial charge >= 0.3 is 5.97 Å². The van der Waals surface area contributed by atoms with Crippen molar-refractivity contribution < 1.29 is 18.8 Å². The predicted octanol–water partition coefficient (Wildman–Crippen LogP) is 0.996. The average molecular weight is 242 g/mol. The zero-order valence-corrected chi connectivity index (χ0v) is 9.10. The van der Waals surface area contributed by atoms with E-state index in [0.717, 1.165) is 12.1 Å². The van der Waals surface area contributed by atoms with Gasteiger partial charge in [0.25, 0.3) is 5.69 Å². The van der Waals surface area contributed by atoms with Crippen molar-refractivity contribution in [2.24, 2.45) is 0 Å². The smallest absolute Gasteiger partial charge is 0.319 e. The molecule has 0 saturated heterocycles. The van der Waals surface area contributed by atoms with Gasteiger partial charge in [-0.1, -0.05) is 0 Å². The Labute approximate surface area is 96.5 Å². The monoisotopic (exact) mass is 242 g/mol.